The number of anilines is 1. The standard InChI is InChI=1S/C14H13BrF2N2/c1-9-13(15)2-3-14(19-9)18-5-4-10-6-11(16)8-12(17)7-10/h2-3,6-8H,4-5H2,1H3,(H,18,19). The fourth-order valence-electron chi connectivity index (χ4n) is 1.73. The van der Waals surface area contributed by atoms with E-state index >= 15 is 0 Å². The molecule has 5 heteroatoms. The highest BCUT2D eigenvalue weighted by Crippen LogP contribution is 2.16. The van der Waals surface area contributed by atoms with Crippen LogP contribution < -0.4 is 5.32 Å². The van der Waals surface area contributed by atoms with E-state index in [1.54, 1.807) is 0 Å². The summed E-state index contributed by atoms with van der Waals surface area (Å²) < 4.78 is 26.9. The molecule has 1 N–H and O–H groups in total. The van der Waals surface area contributed by atoms with E-state index in [4.69, 9.17) is 0 Å². The van der Waals surface area contributed by atoms with Crippen molar-refractivity contribution in [2.24, 2.45) is 0 Å². The largest absolute Gasteiger partial charge is 0.370 e. The molecule has 0 aliphatic carbocycles. The number of nitrogens with one attached hydrogen (secondary N) is 1. The van der Waals surface area contributed by atoms with E-state index in [0.29, 0.717) is 18.5 Å². The zero-order chi connectivity index (χ0) is 13.8. The van der Waals surface area contributed by atoms with E-state index < -0.39 is 11.6 Å². The second kappa shape index (κ2) is 6.10. The minimum atomic E-state index is -0.549. The Morgan fingerprint density at radius 1 is 1.16 bits per heavy atom. The number of rotatable bonds is 4. The lowest BCUT2D eigenvalue weighted by molar-refractivity contribution is 0.580. The molecular weight excluding hydrogens is 314 g/mol. The van der Waals surface area contributed by atoms with Gasteiger partial charge >= 0.3 is 0 Å². The minimum Gasteiger partial charge on any atom is -0.370 e. The Morgan fingerprint density at radius 3 is 2.47 bits per heavy atom. The number of hydrogen-bond acceptors (Lipinski definition) is 2. The van der Waals surface area contributed by atoms with Crippen LogP contribution in [0.15, 0.2) is 34.8 Å². The lowest BCUT2D eigenvalue weighted by atomic mass is 10.1. The van der Waals surface area contributed by atoms with Gasteiger partial charge in [-0.3, -0.25) is 0 Å². The van der Waals surface area contributed by atoms with Gasteiger partial charge in [-0.15, -0.1) is 0 Å². The Bertz CT molecular complexity index is 567. The van der Waals surface area contributed by atoms with Crippen molar-refractivity contribution in [1.82, 2.24) is 4.98 Å². The molecule has 0 aliphatic rings. The summed E-state index contributed by atoms with van der Waals surface area (Å²) in [5, 5.41) is 3.12. The van der Waals surface area contributed by atoms with Crippen molar-refractivity contribution in [2.45, 2.75) is 13.3 Å². The molecule has 19 heavy (non-hydrogen) atoms. The van der Waals surface area contributed by atoms with Gasteiger partial charge in [0.1, 0.15) is 17.5 Å². The highest BCUT2D eigenvalue weighted by molar-refractivity contribution is 9.10. The molecule has 0 radical (unpaired) electrons. The maximum atomic E-state index is 13.0. The summed E-state index contributed by atoms with van der Waals surface area (Å²) in [6.45, 7) is 2.47. The van der Waals surface area contributed by atoms with Crippen molar-refractivity contribution in [2.75, 3.05) is 11.9 Å². The van der Waals surface area contributed by atoms with E-state index in [1.165, 1.54) is 12.1 Å². The van der Waals surface area contributed by atoms with Crippen LogP contribution in [0.5, 0.6) is 0 Å². The molecule has 1 heterocycles. The van der Waals surface area contributed by atoms with Gasteiger partial charge in [-0.1, -0.05) is 0 Å². The molecule has 1 aromatic heterocycles. The van der Waals surface area contributed by atoms with Gasteiger partial charge in [0.2, 0.25) is 0 Å². The van der Waals surface area contributed by atoms with Crippen molar-refractivity contribution < 1.29 is 8.78 Å². The third kappa shape index (κ3) is 3.99. The third-order valence-corrected chi connectivity index (χ3v) is 3.50. The number of halogens is 3. The second-order valence-corrected chi connectivity index (χ2v) is 5.07. The molecule has 0 atom stereocenters. The molecule has 2 rings (SSSR count). The Morgan fingerprint density at radius 2 is 1.84 bits per heavy atom. The Labute approximate surface area is 119 Å². The maximum Gasteiger partial charge on any atom is 0.126 e. The number of benzene rings is 1. The first-order chi connectivity index (χ1) is 9.04. The van der Waals surface area contributed by atoms with E-state index in [1.807, 2.05) is 19.1 Å². The van der Waals surface area contributed by atoms with Crippen molar-refractivity contribution >= 4 is 21.7 Å². The highest BCUT2D eigenvalue weighted by atomic mass is 79.9. The summed E-state index contributed by atoms with van der Waals surface area (Å²) in [5.41, 5.74) is 1.51. The average Bonchev–Trinajstić information content (AvgIpc) is 2.32. The van der Waals surface area contributed by atoms with Crippen LogP contribution in [-0.2, 0) is 6.42 Å². The summed E-state index contributed by atoms with van der Waals surface area (Å²) in [6.07, 6.45) is 0.533. The van der Waals surface area contributed by atoms with Crippen LogP contribution in [0.25, 0.3) is 0 Å². The molecule has 0 spiro atoms. The molecule has 0 saturated carbocycles. The highest BCUT2D eigenvalue weighted by Gasteiger charge is 2.02. The Kier molecular flexibility index (Phi) is 4.47. The molecule has 0 saturated heterocycles. The SMILES string of the molecule is Cc1nc(NCCc2cc(F)cc(F)c2)ccc1Br. The first-order valence-electron chi connectivity index (χ1n) is 5.86. The Balaban J connectivity index is 1.94. The van der Waals surface area contributed by atoms with Gasteiger partial charge in [-0.05, 0) is 59.1 Å². The molecule has 0 fully saturated rings. The molecule has 2 nitrogen and oxygen atoms in total. The van der Waals surface area contributed by atoms with Gasteiger partial charge < -0.3 is 5.32 Å². The van der Waals surface area contributed by atoms with Crippen LogP contribution in [0.2, 0.25) is 0 Å². The molecule has 0 aliphatic heterocycles. The zero-order valence-electron chi connectivity index (χ0n) is 10.4. The molecule has 0 unspecified atom stereocenters. The first kappa shape index (κ1) is 13.9. The van der Waals surface area contributed by atoms with Crippen LogP contribution in [0, 0.1) is 18.6 Å². The molecule has 1 aromatic carbocycles. The van der Waals surface area contributed by atoms with Crippen LogP contribution >= 0.6 is 15.9 Å². The van der Waals surface area contributed by atoms with Crippen LogP contribution in [0.3, 0.4) is 0 Å². The lowest BCUT2D eigenvalue weighted by Gasteiger charge is -2.07. The summed E-state index contributed by atoms with van der Waals surface area (Å²) >= 11 is 3.38. The zero-order valence-corrected chi connectivity index (χ0v) is 12.0. The minimum absolute atomic E-state index is 0.533. The number of aryl methyl sites for hydroxylation is 1. The van der Waals surface area contributed by atoms with Gasteiger partial charge in [0.15, 0.2) is 0 Å². The van der Waals surface area contributed by atoms with E-state index in [2.05, 4.69) is 26.2 Å². The molecule has 100 valence electrons. The van der Waals surface area contributed by atoms with Crippen molar-refractivity contribution in [3.63, 3.8) is 0 Å². The molecule has 2 aromatic rings. The summed E-state index contributed by atoms with van der Waals surface area (Å²) in [5.74, 6) is -0.349. The predicted molar refractivity (Wildman–Crippen MR) is 75.2 cm³/mol. The van der Waals surface area contributed by atoms with E-state index in [0.717, 1.165) is 22.1 Å². The van der Waals surface area contributed by atoms with Crippen molar-refractivity contribution in [1.29, 1.82) is 0 Å². The maximum absolute atomic E-state index is 13.0. The monoisotopic (exact) mass is 326 g/mol. The average molecular weight is 327 g/mol. The van der Waals surface area contributed by atoms with Crippen LogP contribution in [0.4, 0.5) is 14.6 Å². The quantitative estimate of drug-likeness (QED) is 0.915. The normalized spacial score (nSPS) is 10.5. The summed E-state index contributed by atoms with van der Waals surface area (Å²) in [7, 11) is 0. The number of pyridine rings is 1. The van der Waals surface area contributed by atoms with Gasteiger partial charge in [0.25, 0.3) is 0 Å². The predicted octanol–water partition coefficient (Wildman–Crippen LogP) is 4.09. The smallest absolute Gasteiger partial charge is 0.126 e. The van der Waals surface area contributed by atoms with Crippen LogP contribution in [-0.4, -0.2) is 11.5 Å². The first-order valence-corrected chi connectivity index (χ1v) is 6.66. The number of hydrogen-bond donors (Lipinski definition) is 1. The number of nitrogens with zero attached hydrogens (tertiary/aromatic N) is 1. The fraction of sp³-hybridized carbons (Fsp3) is 0.214. The van der Waals surface area contributed by atoms with E-state index in [9.17, 15) is 8.78 Å². The topological polar surface area (TPSA) is 24.9 Å². The molecule has 0 bridgehead atoms. The van der Waals surface area contributed by atoms with Crippen molar-refractivity contribution in [3.05, 3.63) is 57.7 Å². The fourth-order valence-corrected chi connectivity index (χ4v) is 1.95. The summed E-state index contributed by atoms with van der Waals surface area (Å²) in [4.78, 5) is 4.33. The van der Waals surface area contributed by atoms with Gasteiger partial charge in [0.05, 0.1) is 5.69 Å². The Hall–Kier alpha value is -1.49. The van der Waals surface area contributed by atoms with Gasteiger partial charge in [0, 0.05) is 17.1 Å². The molecule has 0 amide bonds. The number of aromatic nitrogens is 1. The van der Waals surface area contributed by atoms with Gasteiger partial charge in [-0.2, -0.15) is 0 Å². The van der Waals surface area contributed by atoms with Crippen LogP contribution in [0.1, 0.15) is 11.3 Å². The summed E-state index contributed by atoms with van der Waals surface area (Å²) in [6, 6.07) is 7.31. The van der Waals surface area contributed by atoms with Gasteiger partial charge in [-0.25, -0.2) is 13.8 Å². The lowest BCUT2D eigenvalue weighted by Crippen LogP contribution is -2.07. The third-order valence-electron chi connectivity index (χ3n) is 2.66. The second-order valence-electron chi connectivity index (χ2n) is 4.22. The van der Waals surface area contributed by atoms with Crippen molar-refractivity contribution in [3.8, 4) is 0 Å². The van der Waals surface area contributed by atoms with E-state index in [-0.39, 0.29) is 0 Å². The molecular formula is C14H13BrF2N2.